The summed E-state index contributed by atoms with van der Waals surface area (Å²) in [5, 5.41) is 8.88. The SMILES string of the molecule is CCOC(C(=O)O)C1CCCOC1. The number of carboxylic acids is 1. The summed E-state index contributed by atoms with van der Waals surface area (Å²) in [6.45, 7) is 3.50. The van der Waals surface area contributed by atoms with Gasteiger partial charge in [-0.3, -0.25) is 0 Å². The number of aliphatic carboxylic acids is 1. The molecule has 0 spiro atoms. The Bertz CT molecular complexity index is 163. The van der Waals surface area contributed by atoms with Crippen LogP contribution in [0.2, 0.25) is 0 Å². The highest BCUT2D eigenvalue weighted by atomic mass is 16.5. The van der Waals surface area contributed by atoms with E-state index in [1.807, 2.05) is 0 Å². The van der Waals surface area contributed by atoms with Crippen molar-refractivity contribution in [3.63, 3.8) is 0 Å². The number of carboxylic acid groups (broad SMARTS) is 1. The second kappa shape index (κ2) is 5.19. The number of hydrogen-bond donors (Lipinski definition) is 1. The Morgan fingerprint density at radius 2 is 2.54 bits per heavy atom. The normalized spacial score (nSPS) is 25.5. The highest BCUT2D eigenvalue weighted by Crippen LogP contribution is 2.19. The Hall–Kier alpha value is -0.610. The summed E-state index contributed by atoms with van der Waals surface area (Å²) in [6, 6.07) is 0. The van der Waals surface area contributed by atoms with E-state index in [2.05, 4.69) is 0 Å². The van der Waals surface area contributed by atoms with Crippen LogP contribution in [0.15, 0.2) is 0 Å². The third-order valence-electron chi connectivity index (χ3n) is 2.21. The van der Waals surface area contributed by atoms with E-state index in [4.69, 9.17) is 14.6 Å². The van der Waals surface area contributed by atoms with Gasteiger partial charge < -0.3 is 14.6 Å². The molecule has 4 heteroatoms. The van der Waals surface area contributed by atoms with Crippen molar-refractivity contribution in [2.45, 2.75) is 25.9 Å². The molecule has 0 aromatic rings. The van der Waals surface area contributed by atoms with Crippen LogP contribution in [0.4, 0.5) is 0 Å². The van der Waals surface area contributed by atoms with Crippen LogP contribution in [0.5, 0.6) is 0 Å². The van der Waals surface area contributed by atoms with Gasteiger partial charge in [0.25, 0.3) is 0 Å². The summed E-state index contributed by atoms with van der Waals surface area (Å²) in [6.07, 6.45) is 1.13. The Morgan fingerprint density at radius 3 is 3.00 bits per heavy atom. The molecule has 1 heterocycles. The first-order valence-electron chi connectivity index (χ1n) is 4.68. The molecule has 1 rings (SSSR count). The molecular weight excluding hydrogens is 172 g/mol. The van der Waals surface area contributed by atoms with E-state index in [-0.39, 0.29) is 5.92 Å². The topological polar surface area (TPSA) is 55.8 Å². The third kappa shape index (κ3) is 2.97. The third-order valence-corrected chi connectivity index (χ3v) is 2.21. The average molecular weight is 188 g/mol. The fraction of sp³-hybridized carbons (Fsp3) is 0.889. The van der Waals surface area contributed by atoms with E-state index in [0.29, 0.717) is 13.2 Å². The summed E-state index contributed by atoms with van der Waals surface area (Å²) in [4.78, 5) is 10.8. The molecule has 13 heavy (non-hydrogen) atoms. The predicted octanol–water partition coefficient (Wildman–Crippen LogP) is 0.903. The van der Waals surface area contributed by atoms with Crippen LogP contribution in [0.1, 0.15) is 19.8 Å². The second-order valence-electron chi connectivity index (χ2n) is 3.19. The molecule has 1 aliphatic rings. The molecule has 4 nitrogen and oxygen atoms in total. The van der Waals surface area contributed by atoms with E-state index < -0.39 is 12.1 Å². The van der Waals surface area contributed by atoms with Gasteiger partial charge in [-0.05, 0) is 19.8 Å². The molecule has 1 aliphatic heterocycles. The lowest BCUT2D eigenvalue weighted by Gasteiger charge is -2.27. The van der Waals surface area contributed by atoms with Crippen molar-refractivity contribution >= 4 is 5.97 Å². The molecule has 0 aromatic carbocycles. The monoisotopic (exact) mass is 188 g/mol. The lowest BCUT2D eigenvalue weighted by Crippen LogP contribution is -2.37. The van der Waals surface area contributed by atoms with Crippen molar-refractivity contribution in [3.05, 3.63) is 0 Å². The summed E-state index contributed by atoms with van der Waals surface area (Å²) >= 11 is 0. The van der Waals surface area contributed by atoms with E-state index in [9.17, 15) is 4.79 Å². The van der Waals surface area contributed by atoms with Gasteiger partial charge in [-0.15, -0.1) is 0 Å². The fourth-order valence-electron chi connectivity index (χ4n) is 1.59. The first-order chi connectivity index (χ1) is 6.25. The molecule has 0 bridgehead atoms. The average Bonchev–Trinajstić information content (AvgIpc) is 2.15. The molecule has 1 saturated heterocycles. The number of hydrogen-bond acceptors (Lipinski definition) is 3. The van der Waals surface area contributed by atoms with Crippen LogP contribution in [-0.2, 0) is 14.3 Å². The highest BCUT2D eigenvalue weighted by Gasteiger charge is 2.30. The minimum atomic E-state index is -0.877. The second-order valence-corrected chi connectivity index (χ2v) is 3.19. The molecule has 1 fully saturated rings. The van der Waals surface area contributed by atoms with Gasteiger partial charge in [0, 0.05) is 19.1 Å². The van der Waals surface area contributed by atoms with Gasteiger partial charge in [-0.1, -0.05) is 0 Å². The van der Waals surface area contributed by atoms with Gasteiger partial charge in [-0.2, -0.15) is 0 Å². The van der Waals surface area contributed by atoms with Crippen molar-refractivity contribution in [2.75, 3.05) is 19.8 Å². The molecular formula is C9H16O4. The van der Waals surface area contributed by atoms with Crippen molar-refractivity contribution in [3.8, 4) is 0 Å². The van der Waals surface area contributed by atoms with Gasteiger partial charge in [0.2, 0.25) is 0 Å². The Morgan fingerprint density at radius 1 is 1.77 bits per heavy atom. The zero-order valence-corrected chi connectivity index (χ0v) is 7.86. The molecule has 2 atom stereocenters. The molecule has 0 radical (unpaired) electrons. The molecule has 76 valence electrons. The maximum Gasteiger partial charge on any atom is 0.333 e. The lowest BCUT2D eigenvalue weighted by molar-refractivity contribution is -0.157. The van der Waals surface area contributed by atoms with E-state index in [1.165, 1.54) is 0 Å². The van der Waals surface area contributed by atoms with Crippen molar-refractivity contribution in [2.24, 2.45) is 5.92 Å². The van der Waals surface area contributed by atoms with Gasteiger partial charge in [-0.25, -0.2) is 4.79 Å². The summed E-state index contributed by atoms with van der Waals surface area (Å²) < 4.78 is 10.4. The van der Waals surface area contributed by atoms with Gasteiger partial charge in [0.15, 0.2) is 6.10 Å². The fourth-order valence-corrected chi connectivity index (χ4v) is 1.59. The van der Waals surface area contributed by atoms with Gasteiger partial charge in [0.1, 0.15) is 0 Å². The largest absolute Gasteiger partial charge is 0.479 e. The zero-order chi connectivity index (χ0) is 9.68. The minimum Gasteiger partial charge on any atom is -0.479 e. The standard InChI is InChI=1S/C9H16O4/c1-2-13-8(9(10)11)7-4-3-5-12-6-7/h7-8H,2-6H2,1H3,(H,10,11). The first-order valence-corrected chi connectivity index (χ1v) is 4.68. The molecule has 0 amide bonds. The summed E-state index contributed by atoms with van der Waals surface area (Å²) in [5.74, 6) is -0.858. The first kappa shape index (κ1) is 10.5. The predicted molar refractivity (Wildman–Crippen MR) is 46.6 cm³/mol. The maximum absolute atomic E-state index is 10.8. The molecule has 0 saturated carbocycles. The number of rotatable bonds is 4. The minimum absolute atomic E-state index is 0.0196. The molecule has 0 aliphatic carbocycles. The van der Waals surface area contributed by atoms with Gasteiger partial charge in [0.05, 0.1) is 6.61 Å². The summed E-state index contributed by atoms with van der Waals surface area (Å²) in [5.41, 5.74) is 0. The van der Waals surface area contributed by atoms with Crippen LogP contribution in [0.25, 0.3) is 0 Å². The smallest absolute Gasteiger partial charge is 0.333 e. The quantitative estimate of drug-likeness (QED) is 0.712. The molecule has 0 aromatic heterocycles. The van der Waals surface area contributed by atoms with Gasteiger partial charge >= 0.3 is 5.97 Å². The van der Waals surface area contributed by atoms with Crippen LogP contribution in [0, 0.1) is 5.92 Å². The van der Waals surface area contributed by atoms with Crippen LogP contribution < -0.4 is 0 Å². The van der Waals surface area contributed by atoms with E-state index in [0.717, 1.165) is 19.4 Å². The van der Waals surface area contributed by atoms with E-state index in [1.54, 1.807) is 6.92 Å². The Balaban J connectivity index is 2.46. The molecule has 1 N–H and O–H groups in total. The lowest BCUT2D eigenvalue weighted by atomic mass is 9.96. The van der Waals surface area contributed by atoms with Crippen molar-refractivity contribution in [1.29, 1.82) is 0 Å². The van der Waals surface area contributed by atoms with Crippen molar-refractivity contribution < 1.29 is 19.4 Å². The molecule has 2 unspecified atom stereocenters. The Kier molecular flexibility index (Phi) is 4.18. The zero-order valence-electron chi connectivity index (χ0n) is 7.86. The van der Waals surface area contributed by atoms with Crippen LogP contribution >= 0.6 is 0 Å². The number of carbonyl (C=O) groups is 1. The Labute approximate surface area is 77.8 Å². The summed E-state index contributed by atoms with van der Waals surface area (Å²) in [7, 11) is 0. The highest BCUT2D eigenvalue weighted by molar-refractivity contribution is 5.72. The number of ether oxygens (including phenoxy) is 2. The van der Waals surface area contributed by atoms with Crippen molar-refractivity contribution in [1.82, 2.24) is 0 Å². The van der Waals surface area contributed by atoms with Crippen LogP contribution in [0.3, 0.4) is 0 Å². The van der Waals surface area contributed by atoms with Crippen LogP contribution in [-0.4, -0.2) is 37.0 Å². The van der Waals surface area contributed by atoms with E-state index >= 15 is 0 Å². The maximum atomic E-state index is 10.8.